The van der Waals surface area contributed by atoms with Crippen molar-refractivity contribution in [2.75, 3.05) is 0 Å². The molecule has 0 spiro atoms. The summed E-state index contributed by atoms with van der Waals surface area (Å²) in [7, 11) is 0. The summed E-state index contributed by atoms with van der Waals surface area (Å²) in [5, 5.41) is 0. The molecule has 3 heteroatoms. The average Bonchev–Trinajstić information content (AvgIpc) is 2.30. The van der Waals surface area contributed by atoms with Crippen molar-refractivity contribution in [3.05, 3.63) is 47.0 Å². The molecule has 0 radical (unpaired) electrons. The summed E-state index contributed by atoms with van der Waals surface area (Å²) in [6, 6.07) is 8.07. The first-order valence-corrected chi connectivity index (χ1v) is 5.66. The Labute approximate surface area is 97.5 Å². The van der Waals surface area contributed by atoms with Crippen LogP contribution in [-0.2, 0) is 6.42 Å². The highest BCUT2D eigenvalue weighted by Gasteiger charge is 2.02. The Bertz CT molecular complexity index is 451. The Kier molecular flexibility index (Phi) is 3.11. The molecule has 1 aromatic carbocycles. The molecule has 2 rings (SSSR count). The van der Waals surface area contributed by atoms with Gasteiger partial charge in [-0.05, 0) is 11.6 Å². The van der Waals surface area contributed by atoms with E-state index < -0.39 is 0 Å². The van der Waals surface area contributed by atoms with E-state index in [4.69, 9.17) is 0 Å². The van der Waals surface area contributed by atoms with Gasteiger partial charge in [0, 0.05) is 28.9 Å². The molecule has 0 aliphatic heterocycles. The van der Waals surface area contributed by atoms with Crippen LogP contribution in [0.4, 0.5) is 0 Å². The minimum absolute atomic E-state index is 0.871. The summed E-state index contributed by atoms with van der Waals surface area (Å²) >= 11 is 3.51. The summed E-state index contributed by atoms with van der Waals surface area (Å²) in [6.07, 6.45) is 4.61. The van der Waals surface area contributed by atoms with E-state index in [2.05, 4.69) is 25.9 Å². The van der Waals surface area contributed by atoms with Crippen LogP contribution in [0.2, 0.25) is 0 Å². The van der Waals surface area contributed by atoms with Gasteiger partial charge in [0.1, 0.15) is 5.82 Å². The van der Waals surface area contributed by atoms with Crippen LogP contribution in [-0.4, -0.2) is 9.97 Å². The average molecular weight is 263 g/mol. The van der Waals surface area contributed by atoms with Crippen LogP contribution in [0.25, 0.3) is 11.1 Å². The fraction of sp³-hybridized carbons (Fsp3) is 0.167. The number of nitrogens with zero attached hydrogens (tertiary/aromatic N) is 2. The molecule has 15 heavy (non-hydrogen) atoms. The van der Waals surface area contributed by atoms with Crippen LogP contribution in [0, 0.1) is 0 Å². The second kappa shape index (κ2) is 4.53. The number of hydrogen-bond acceptors (Lipinski definition) is 2. The lowest BCUT2D eigenvalue weighted by Crippen LogP contribution is -1.92. The lowest BCUT2D eigenvalue weighted by Gasteiger charge is -2.03. The molecule has 0 amide bonds. The second-order valence-corrected chi connectivity index (χ2v) is 4.08. The van der Waals surface area contributed by atoms with E-state index >= 15 is 0 Å². The van der Waals surface area contributed by atoms with E-state index in [0.717, 1.165) is 27.8 Å². The molecule has 0 bridgehead atoms. The topological polar surface area (TPSA) is 25.8 Å². The molecule has 0 saturated heterocycles. The van der Waals surface area contributed by atoms with Crippen molar-refractivity contribution in [3.63, 3.8) is 0 Å². The van der Waals surface area contributed by atoms with Crippen molar-refractivity contribution in [2.24, 2.45) is 0 Å². The van der Waals surface area contributed by atoms with Crippen LogP contribution < -0.4 is 0 Å². The fourth-order valence-corrected chi connectivity index (χ4v) is 1.89. The maximum Gasteiger partial charge on any atom is 0.127 e. The van der Waals surface area contributed by atoms with E-state index in [1.807, 2.05) is 43.6 Å². The maximum atomic E-state index is 4.28. The molecule has 0 atom stereocenters. The van der Waals surface area contributed by atoms with Crippen molar-refractivity contribution in [2.45, 2.75) is 13.3 Å². The van der Waals surface area contributed by atoms with Gasteiger partial charge in [0.05, 0.1) is 0 Å². The third kappa shape index (κ3) is 2.23. The predicted molar refractivity (Wildman–Crippen MR) is 64.5 cm³/mol. The van der Waals surface area contributed by atoms with Gasteiger partial charge in [-0.2, -0.15) is 0 Å². The van der Waals surface area contributed by atoms with E-state index in [-0.39, 0.29) is 0 Å². The van der Waals surface area contributed by atoms with Crippen molar-refractivity contribution >= 4 is 15.9 Å². The Balaban J connectivity index is 2.42. The highest BCUT2D eigenvalue weighted by atomic mass is 79.9. The first-order valence-electron chi connectivity index (χ1n) is 4.87. The largest absolute Gasteiger partial charge is 0.241 e. The Morgan fingerprint density at radius 3 is 2.40 bits per heavy atom. The van der Waals surface area contributed by atoms with Crippen LogP contribution in [0.3, 0.4) is 0 Å². The monoisotopic (exact) mass is 262 g/mol. The van der Waals surface area contributed by atoms with Gasteiger partial charge in [-0.3, -0.25) is 0 Å². The molecule has 2 aromatic rings. The van der Waals surface area contributed by atoms with Gasteiger partial charge in [-0.25, -0.2) is 9.97 Å². The van der Waals surface area contributed by atoms with Gasteiger partial charge in [0.15, 0.2) is 0 Å². The van der Waals surface area contributed by atoms with Crippen LogP contribution >= 0.6 is 15.9 Å². The zero-order valence-electron chi connectivity index (χ0n) is 8.44. The van der Waals surface area contributed by atoms with E-state index in [9.17, 15) is 0 Å². The molecule has 0 N–H and O–H groups in total. The molecule has 1 aromatic heterocycles. The summed E-state index contributed by atoms with van der Waals surface area (Å²) in [5.74, 6) is 0.880. The molecule has 2 nitrogen and oxygen atoms in total. The normalized spacial score (nSPS) is 10.3. The summed E-state index contributed by atoms with van der Waals surface area (Å²) in [6.45, 7) is 2.05. The molecule has 0 fully saturated rings. The molecule has 0 aliphatic carbocycles. The van der Waals surface area contributed by atoms with E-state index in [0.29, 0.717) is 0 Å². The molecule has 0 unspecified atom stereocenters. The highest BCUT2D eigenvalue weighted by molar-refractivity contribution is 9.10. The van der Waals surface area contributed by atoms with Crippen LogP contribution in [0.15, 0.2) is 41.1 Å². The van der Waals surface area contributed by atoms with Gasteiger partial charge in [-0.1, -0.05) is 41.1 Å². The quantitative estimate of drug-likeness (QED) is 0.829. The Morgan fingerprint density at radius 1 is 1.13 bits per heavy atom. The van der Waals surface area contributed by atoms with Gasteiger partial charge in [0.25, 0.3) is 0 Å². The second-order valence-electron chi connectivity index (χ2n) is 3.22. The van der Waals surface area contributed by atoms with Gasteiger partial charge in [-0.15, -0.1) is 0 Å². The molecular weight excluding hydrogens is 252 g/mol. The zero-order valence-corrected chi connectivity index (χ0v) is 10.0. The van der Waals surface area contributed by atoms with Crippen LogP contribution in [0.1, 0.15) is 12.7 Å². The fourth-order valence-electron chi connectivity index (χ4n) is 1.37. The molecular formula is C12H11BrN2. The third-order valence-electron chi connectivity index (χ3n) is 2.21. The number of halogens is 1. The Hall–Kier alpha value is -1.22. The first-order chi connectivity index (χ1) is 7.31. The van der Waals surface area contributed by atoms with E-state index in [1.165, 1.54) is 0 Å². The summed E-state index contributed by atoms with van der Waals surface area (Å²) in [4.78, 5) is 8.57. The highest BCUT2D eigenvalue weighted by Crippen LogP contribution is 2.26. The third-order valence-corrected chi connectivity index (χ3v) is 2.90. The van der Waals surface area contributed by atoms with Crippen molar-refractivity contribution < 1.29 is 0 Å². The number of aromatic nitrogens is 2. The van der Waals surface area contributed by atoms with Gasteiger partial charge >= 0.3 is 0 Å². The zero-order chi connectivity index (χ0) is 10.7. The van der Waals surface area contributed by atoms with Gasteiger partial charge in [0.2, 0.25) is 0 Å². The minimum Gasteiger partial charge on any atom is -0.241 e. The predicted octanol–water partition coefficient (Wildman–Crippen LogP) is 3.47. The molecule has 0 saturated carbocycles. The SMILES string of the molecule is CCc1ncc(-c2ccccc2Br)cn1. The lowest BCUT2D eigenvalue weighted by molar-refractivity contribution is 0.941. The molecule has 0 aliphatic rings. The Morgan fingerprint density at radius 2 is 1.80 bits per heavy atom. The standard InChI is InChI=1S/C12H11BrN2/c1-2-12-14-7-9(8-15-12)10-5-3-4-6-11(10)13/h3-8H,2H2,1H3. The van der Waals surface area contributed by atoms with Gasteiger partial charge < -0.3 is 0 Å². The molecule has 1 heterocycles. The number of rotatable bonds is 2. The number of benzene rings is 1. The maximum absolute atomic E-state index is 4.28. The van der Waals surface area contributed by atoms with Crippen molar-refractivity contribution in [1.82, 2.24) is 9.97 Å². The smallest absolute Gasteiger partial charge is 0.127 e. The van der Waals surface area contributed by atoms with Crippen LogP contribution in [0.5, 0.6) is 0 Å². The molecule has 76 valence electrons. The minimum atomic E-state index is 0.871. The van der Waals surface area contributed by atoms with Crippen molar-refractivity contribution in [1.29, 1.82) is 0 Å². The van der Waals surface area contributed by atoms with E-state index in [1.54, 1.807) is 0 Å². The first kappa shape index (κ1) is 10.3. The number of aryl methyl sites for hydroxylation is 1. The van der Waals surface area contributed by atoms with Crippen molar-refractivity contribution in [3.8, 4) is 11.1 Å². The number of hydrogen-bond donors (Lipinski definition) is 0. The lowest BCUT2D eigenvalue weighted by atomic mass is 10.1. The summed E-state index contributed by atoms with van der Waals surface area (Å²) in [5.41, 5.74) is 2.17. The summed E-state index contributed by atoms with van der Waals surface area (Å²) < 4.78 is 1.07.